The van der Waals surface area contributed by atoms with E-state index in [1.54, 1.807) is 0 Å². The van der Waals surface area contributed by atoms with E-state index in [1.807, 2.05) is 48.5 Å². The van der Waals surface area contributed by atoms with E-state index in [2.05, 4.69) is 15.6 Å². The fourth-order valence-corrected chi connectivity index (χ4v) is 3.01. The number of fused-ring (bicyclic) bond motifs is 2. The number of halogens is 1. The van der Waals surface area contributed by atoms with Gasteiger partial charge in [0.2, 0.25) is 0 Å². The number of carbonyl (C=O) groups excluding carboxylic acids is 1. The van der Waals surface area contributed by atoms with Crippen molar-refractivity contribution in [2.24, 2.45) is 0 Å². The topological polar surface area (TPSA) is 66.2 Å². The highest BCUT2D eigenvalue weighted by molar-refractivity contribution is 6.31. The summed E-state index contributed by atoms with van der Waals surface area (Å²) in [6.07, 6.45) is 0.0446. The molecule has 1 aliphatic heterocycles. The van der Waals surface area contributed by atoms with Crippen molar-refractivity contribution in [1.82, 2.24) is 4.98 Å². The summed E-state index contributed by atoms with van der Waals surface area (Å²) in [5.74, 6) is 1.15. The predicted octanol–water partition coefficient (Wildman–Crippen LogP) is 4.02. The molecule has 122 valence electrons. The van der Waals surface area contributed by atoms with Gasteiger partial charge in [0.15, 0.2) is 6.10 Å². The summed E-state index contributed by atoms with van der Waals surface area (Å²) in [6, 6.07) is 15.0. The van der Waals surface area contributed by atoms with E-state index in [1.165, 1.54) is 0 Å². The van der Waals surface area contributed by atoms with Crippen LogP contribution in [0.3, 0.4) is 0 Å². The maximum Gasteiger partial charge on any atom is 0.266 e. The number of ether oxygens (including phenoxy) is 1. The van der Waals surface area contributed by atoms with Crippen LogP contribution in [-0.4, -0.2) is 23.5 Å². The number of anilines is 2. The van der Waals surface area contributed by atoms with Gasteiger partial charge in [-0.15, -0.1) is 0 Å². The van der Waals surface area contributed by atoms with E-state index in [-0.39, 0.29) is 5.91 Å². The molecular formula is C18H16ClN3O2. The summed E-state index contributed by atoms with van der Waals surface area (Å²) in [4.78, 5) is 15.7. The number of para-hydroxylation sites is 2. The standard InChI is InChI=1S/C18H16ClN3O2/c19-12-5-6-13-11(9-12)10-17(21-13)22-18(23)16-7-8-20-14-3-1-2-4-15(14)24-16/h1-6,9-10,16,20-21H,7-8H2,(H,22,23). The van der Waals surface area contributed by atoms with Gasteiger partial charge in [0, 0.05) is 28.9 Å². The van der Waals surface area contributed by atoms with Gasteiger partial charge in [-0.1, -0.05) is 23.7 Å². The van der Waals surface area contributed by atoms with Crippen LogP contribution in [0.5, 0.6) is 5.75 Å². The lowest BCUT2D eigenvalue weighted by Gasteiger charge is -2.15. The van der Waals surface area contributed by atoms with Crippen LogP contribution in [0.25, 0.3) is 10.9 Å². The lowest BCUT2D eigenvalue weighted by molar-refractivity contribution is -0.122. The summed E-state index contributed by atoms with van der Waals surface area (Å²) in [7, 11) is 0. The van der Waals surface area contributed by atoms with Gasteiger partial charge in [-0.25, -0.2) is 0 Å². The minimum Gasteiger partial charge on any atom is -0.478 e. The second-order valence-corrected chi connectivity index (χ2v) is 6.16. The van der Waals surface area contributed by atoms with Crippen molar-refractivity contribution in [3.63, 3.8) is 0 Å². The molecule has 1 aromatic heterocycles. The number of aromatic amines is 1. The molecule has 0 fully saturated rings. The zero-order chi connectivity index (χ0) is 16.5. The Kier molecular flexibility index (Phi) is 3.78. The Morgan fingerprint density at radius 1 is 1.21 bits per heavy atom. The first-order valence-electron chi connectivity index (χ1n) is 7.78. The van der Waals surface area contributed by atoms with Crippen molar-refractivity contribution in [1.29, 1.82) is 0 Å². The number of benzene rings is 2. The number of carbonyl (C=O) groups is 1. The van der Waals surface area contributed by atoms with Gasteiger partial charge in [0.05, 0.1) is 5.69 Å². The fraction of sp³-hybridized carbons (Fsp3) is 0.167. The smallest absolute Gasteiger partial charge is 0.266 e. The Labute approximate surface area is 144 Å². The number of H-pyrrole nitrogens is 1. The van der Waals surface area contributed by atoms with Crippen LogP contribution in [0.15, 0.2) is 48.5 Å². The first kappa shape index (κ1) is 14.9. The highest BCUT2D eigenvalue weighted by Crippen LogP contribution is 2.28. The quantitative estimate of drug-likeness (QED) is 0.659. The highest BCUT2D eigenvalue weighted by Gasteiger charge is 2.24. The average Bonchev–Trinajstić information content (AvgIpc) is 2.83. The lowest BCUT2D eigenvalue weighted by atomic mass is 10.2. The third-order valence-electron chi connectivity index (χ3n) is 4.01. The molecule has 1 amide bonds. The normalized spacial score (nSPS) is 16.6. The Balaban J connectivity index is 1.52. The molecule has 3 aromatic rings. The molecule has 0 bridgehead atoms. The fourth-order valence-electron chi connectivity index (χ4n) is 2.83. The van der Waals surface area contributed by atoms with Gasteiger partial charge in [-0.05, 0) is 36.4 Å². The third-order valence-corrected chi connectivity index (χ3v) is 4.25. The third kappa shape index (κ3) is 2.90. The van der Waals surface area contributed by atoms with Crippen LogP contribution in [0.4, 0.5) is 11.5 Å². The summed E-state index contributed by atoms with van der Waals surface area (Å²) < 4.78 is 5.87. The Bertz CT molecular complexity index is 906. The Morgan fingerprint density at radius 2 is 2.08 bits per heavy atom. The monoisotopic (exact) mass is 341 g/mol. The van der Waals surface area contributed by atoms with E-state index in [0.29, 0.717) is 29.6 Å². The number of rotatable bonds is 2. The van der Waals surface area contributed by atoms with Crippen LogP contribution in [-0.2, 0) is 4.79 Å². The lowest BCUT2D eigenvalue weighted by Crippen LogP contribution is -2.33. The summed E-state index contributed by atoms with van der Waals surface area (Å²) >= 11 is 5.99. The molecule has 0 saturated heterocycles. The van der Waals surface area contributed by atoms with Crippen molar-refractivity contribution < 1.29 is 9.53 Å². The molecule has 6 heteroatoms. The molecule has 0 saturated carbocycles. The summed E-state index contributed by atoms with van der Waals surface area (Å²) in [5, 5.41) is 7.77. The van der Waals surface area contributed by atoms with Crippen LogP contribution in [0, 0.1) is 0 Å². The van der Waals surface area contributed by atoms with Crippen molar-refractivity contribution >= 4 is 39.9 Å². The van der Waals surface area contributed by atoms with E-state index in [4.69, 9.17) is 16.3 Å². The minimum atomic E-state index is -0.545. The van der Waals surface area contributed by atoms with E-state index < -0.39 is 6.10 Å². The number of amides is 1. The zero-order valence-corrected chi connectivity index (χ0v) is 13.6. The van der Waals surface area contributed by atoms with E-state index >= 15 is 0 Å². The Morgan fingerprint density at radius 3 is 3.00 bits per heavy atom. The van der Waals surface area contributed by atoms with Gasteiger partial charge in [0.1, 0.15) is 11.6 Å². The molecule has 1 atom stereocenters. The van der Waals surface area contributed by atoms with E-state index in [9.17, 15) is 4.79 Å². The van der Waals surface area contributed by atoms with Crippen LogP contribution in [0.2, 0.25) is 5.02 Å². The molecule has 1 aliphatic rings. The second kappa shape index (κ2) is 6.09. The molecule has 0 radical (unpaired) electrons. The first-order valence-corrected chi connectivity index (χ1v) is 8.15. The predicted molar refractivity (Wildman–Crippen MR) is 95.9 cm³/mol. The van der Waals surface area contributed by atoms with Crippen molar-refractivity contribution in [3.05, 3.63) is 53.6 Å². The van der Waals surface area contributed by atoms with Gasteiger partial charge in [-0.3, -0.25) is 4.79 Å². The molecule has 0 spiro atoms. The van der Waals surface area contributed by atoms with Crippen LogP contribution >= 0.6 is 11.6 Å². The van der Waals surface area contributed by atoms with Crippen molar-refractivity contribution in [2.75, 3.05) is 17.2 Å². The first-order chi connectivity index (χ1) is 11.7. The van der Waals surface area contributed by atoms with Crippen LogP contribution in [0.1, 0.15) is 6.42 Å². The second-order valence-electron chi connectivity index (χ2n) is 5.72. The number of hydrogen-bond donors (Lipinski definition) is 3. The largest absolute Gasteiger partial charge is 0.478 e. The SMILES string of the molecule is O=C(Nc1cc2cc(Cl)ccc2[nH]1)C1CCNc2ccccc2O1. The van der Waals surface area contributed by atoms with Gasteiger partial charge in [-0.2, -0.15) is 0 Å². The summed E-state index contributed by atoms with van der Waals surface area (Å²) in [5.41, 5.74) is 1.83. The molecule has 2 aromatic carbocycles. The maximum atomic E-state index is 12.6. The molecule has 4 rings (SSSR count). The maximum absolute atomic E-state index is 12.6. The number of hydrogen-bond acceptors (Lipinski definition) is 3. The molecule has 3 N–H and O–H groups in total. The van der Waals surface area contributed by atoms with Crippen LogP contribution < -0.4 is 15.4 Å². The molecular weight excluding hydrogens is 326 g/mol. The molecule has 0 aliphatic carbocycles. The van der Waals surface area contributed by atoms with E-state index in [0.717, 1.165) is 16.6 Å². The molecule has 2 heterocycles. The minimum absolute atomic E-state index is 0.175. The number of nitrogens with one attached hydrogen (secondary N) is 3. The average molecular weight is 342 g/mol. The zero-order valence-electron chi connectivity index (χ0n) is 12.8. The highest BCUT2D eigenvalue weighted by atomic mass is 35.5. The Hall–Kier alpha value is -2.66. The van der Waals surface area contributed by atoms with Gasteiger partial charge >= 0.3 is 0 Å². The van der Waals surface area contributed by atoms with Crippen molar-refractivity contribution in [3.8, 4) is 5.75 Å². The summed E-state index contributed by atoms with van der Waals surface area (Å²) in [6.45, 7) is 0.678. The number of aromatic nitrogens is 1. The molecule has 1 unspecified atom stereocenters. The van der Waals surface area contributed by atoms with Gasteiger partial charge in [0.25, 0.3) is 5.91 Å². The van der Waals surface area contributed by atoms with Gasteiger partial charge < -0.3 is 20.4 Å². The molecule has 24 heavy (non-hydrogen) atoms. The van der Waals surface area contributed by atoms with Crippen molar-refractivity contribution in [2.45, 2.75) is 12.5 Å². The molecule has 5 nitrogen and oxygen atoms in total.